The highest BCUT2D eigenvalue weighted by molar-refractivity contribution is 4.97. The van der Waals surface area contributed by atoms with Crippen LogP contribution < -0.4 is 11.1 Å². The summed E-state index contributed by atoms with van der Waals surface area (Å²) in [4.78, 5) is 23.5. The van der Waals surface area contributed by atoms with E-state index in [9.17, 15) is 9.59 Å². The minimum atomic E-state index is -0.424. The first-order chi connectivity index (χ1) is 7.59. The summed E-state index contributed by atoms with van der Waals surface area (Å²) in [5.41, 5.74) is 0.317. The molecule has 4 nitrogen and oxygen atoms in total. The fourth-order valence-electron chi connectivity index (χ4n) is 1.59. The molecule has 4 heteroatoms. The van der Waals surface area contributed by atoms with Crippen molar-refractivity contribution in [2.24, 2.45) is 0 Å². The summed E-state index contributed by atoms with van der Waals surface area (Å²) in [5.74, 6) is 0. The minimum absolute atomic E-state index is 0.262. The van der Waals surface area contributed by atoms with Crippen LogP contribution >= 0.6 is 0 Å². The second-order valence-corrected chi connectivity index (χ2v) is 4.48. The van der Waals surface area contributed by atoms with Gasteiger partial charge in [-0.15, -0.1) is 0 Å². The Morgan fingerprint density at radius 3 is 2.56 bits per heavy atom. The number of hydrogen-bond acceptors (Lipinski definition) is 2. The van der Waals surface area contributed by atoms with Crippen LogP contribution in [0.25, 0.3) is 0 Å². The van der Waals surface area contributed by atoms with Crippen LogP contribution in [0.2, 0.25) is 0 Å². The average molecular weight is 220 g/mol. The molecule has 1 heterocycles. The molecule has 0 aliphatic heterocycles. The third kappa shape index (κ3) is 2.15. The Morgan fingerprint density at radius 2 is 2.00 bits per heavy atom. The van der Waals surface area contributed by atoms with E-state index >= 15 is 0 Å². The molecule has 16 heavy (non-hydrogen) atoms. The molecule has 0 saturated heterocycles. The van der Waals surface area contributed by atoms with E-state index < -0.39 is 11.1 Å². The van der Waals surface area contributed by atoms with Crippen LogP contribution in [0, 0.1) is 0 Å². The van der Waals surface area contributed by atoms with Gasteiger partial charge in [-0.05, 0) is 26.7 Å². The highest BCUT2D eigenvalue weighted by Crippen LogP contribution is 2.32. The zero-order valence-corrected chi connectivity index (χ0v) is 9.64. The zero-order valence-electron chi connectivity index (χ0n) is 9.64. The number of rotatable bonds is 3. The average Bonchev–Trinajstić information content (AvgIpc) is 3.04. The lowest BCUT2D eigenvalue weighted by Crippen LogP contribution is -2.40. The van der Waals surface area contributed by atoms with Crippen molar-refractivity contribution in [3.63, 3.8) is 0 Å². The van der Waals surface area contributed by atoms with E-state index in [-0.39, 0.29) is 6.04 Å². The molecule has 86 valence electrons. The van der Waals surface area contributed by atoms with Crippen LogP contribution in [0.1, 0.15) is 32.7 Å². The second kappa shape index (κ2) is 4.12. The molecule has 0 amide bonds. The molecule has 0 aromatic carbocycles. The van der Waals surface area contributed by atoms with E-state index in [1.165, 1.54) is 4.57 Å². The van der Waals surface area contributed by atoms with Gasteiger partial charge >= 0.3 is 11.1 Å². The third-order valence-electron chi connectivity index (χ3n) is 2.72. The van der Waals surface area contributed by atoms with Gasteiger partial charge < -0.3 is 9.13 Å². The molecule has 0 unspecified atom stereocenters. The van der Waals surface area contributed by atoms with Crippen molar-refractivity contribution < 1.29 is 0 Å². The molecule has 1 aliphatic rings. The van der Waals surface area contributed by atoms with Gasteiger partial charge in [0.25, 0.3) is 0 Å². The first kappa shape index (κ1) is 10.9. The summed E-state index contributed by atoms with van der Waals surface area (Å²) in [7, 11) is 0. The predicted molar refractivity (Wildman–Crippen MR) is 62.7 cm³/mol. The van der Waals surface area contributed by atoms with Crippen molar-refractivity contribution in [3.05, 3.63) is 44.8 Å². The van der Waals surface area contributed by atoms with Crippen LogP contribution in [-0.4, -0.2) is 9.13 Å². The summed E-state index contributed by atoms with van der Waals surface area (Å²) in [6, 6.07) is 0.262. The second-order valence-electron chi connectivity index (χ2n) is 4.48. The number of nitrogens with zero attached hydrogens (tertiary/aromatic N) is 2. The summed E-state index contributed by atoms with van der Waals surface area (Å²) >= 11 is 0. The van der Waals surface area contributed by atoms with Gasteiger partial charge in [0.2, 0.25) is 0 Å². The lowest BCUT2D eigenvalue weighted by atomic mass is 10.3. The fourth-order valence-corrected chi connectivity index (χ4v) is 1.59. The standard InChI is InChI=1S/C12H16N2O2/c1-9(2)5-6-13-7-8-14(10-3-4-10)12(16)11(13)15/h5,7-8,10H,3-4,6H2,1-2H3. The van der Waals surface area contributed by atoms with Crippen LogP contribution in [-0.2, 0) is 6.54 Å². The maximum absolute atomic E-state index is 11.7. The highest BCUT2D eigenvalue weighted by Gasteiger charge is 2.25. The monoisotopic (exact) mass is 220 g/mol. The SMILES string of the molecule is CC(C)=CCn1ccn(C2CC2)c(=O)c1=O. The van der Waals surface area contributed by atoms with E-state index in [0.29, 0.717) is 6.54 Å². The Kier molecular flexibility index (Phi) is 2.81. The van der Waals surface area contributed by atoms with Gasteiger partial charge in [-0.25, -0.2) is 0 Å². The normalized spacial score (nSPS) is 14.9. The maximum Gasteiger partial charge on any atom is 0.316 e. The maximum atomic E-state index is 11.7. The van der Waals surface area contributed by atoms with Gasteiger partial charge in [-0.1, -0.05) is 11.6 Å². The Morgan fingerprint density at radius 1 is 1.31 bits per heavy atom. The topological polar surface area (TPSA) is 44.0 Å². The first-order valence-corrected chi connectivity index (χ1v) is 5.54. The molecule has 1 aromatic heterocycles. The molecule has 0 bridgehead atoms. The van der Waals surface area contributed by atoms with Crippen molar-refractivity contribution in [2.45, 2.75) is 39.3 Å². The predicted octanol–water partition coefficient (Wildman–Crippen LogP) is 1.31. The highest BCUT2D eigenvalue weighted by atomic mass is 16.2. The molecule has 1 aromatic rings. The van der Waals surface area contributed by atoms with E-state index in [4.69, 9.17) is 0 Å². The fraction of sp³-hybridized carbons (Fsp3) is 0.500. The summed E-state index contributed by atoms with van der Waals surface area (Å²) < 4.78 is 3.01. The summed E-state index contributed by atoms with van der Waals surface area (Å²) in [6.07, 6.45) is 7.37. The third-order valence-corrected chi connectivity index (χ3v) is 2.72. The van der Waals surface area contributed by atoms with Crippen LogP contribution in [0.3, 0.4) is 0 Å². The quantitative estimate of drug-likeness (QED) is 0.569. The largest absolute Gasteiger partial charge is 0.316 e. The van der Waals surface area contributed by atoms with Crippen LogP contribution in [0.15, 0.2) is 33.6 Å². The van der Waals surface area contributed by atoms with Gasteiger partial charge in [0.05, 0.1) is 0 Å². The lowest BCUT2D eigenvalue weighted by molar-refractivity contribution is 0.644. The molecule has 1 saturated carbocycles. The van der Waals surface area contributed by atoms with Crippen molar-refractivity contribution in [1.29, 1.82) is 0 Å². The number of allylic oxidation sites excluding steroid dienone is 2. The number of aromatic nitrogens is 2. The molecular weight excluding hydrogens is 204 g/mol. The Labute approximate surface area is 93.8 Å². The van der Waals surface area contributed by atoms with Crippen molar-refractivity contribution in [2.75, 3.05) is 0 Å². The smallest absolute Gasteiger partial charge is 0.306 e. The van der Waals surface area contributed by atoms with Gasteiger partial charge in [0.15, 0.2) is 0 Å². The van der Waals surface area contributed by atoms with E-state index in [1.54, 1.807) is 17.0 Å². The molecule has 0 spiro atoms. The van der Waals surface area contributed by atoms with Crippen molar-refractivity contribution >= 4 is 0 Å². The molecular formula is C12H16N2O2. The summed E-state index contributed by atoms with van der Waals surface area (Å²) in [5, 5.41) is 0. The summed E-state index contributed by atoms with van der Waals surface area (Å²) in [6.45, 7) is 4.41. The molecule has 1 fully saturated rings. The van der Waals surface area contributed by atoms with E-state index in [2.05, 4.69) is 0 Å². The Bertz CT molecular complexity index is 529. The Hall–Kier alpha value is -1.58. The van der Waals surface area contributed by atoms with Gasteiger partial charge in [-0.2, -0.15) is 0 Å². The Balaban J connectivity index is 2.35. The zero-order chi connectivity index (χ0) is 11.7. The molecule has 0 N–H and O–H groups in total. The van der Waals surface area contributed by atoms with Gasteiger partial charge in [0, 0.05) is 25.0 Å². The van der Waals surface area contributed by atoms with Crippen molar-refractivity contribution in [1.82, 2.24) is 9.13 Å². The van der Waals surface area contributed by atoms with Crippen LogP contribution in [0.4, 0.5) is 0 Å². The van der Waals surface area contributed by atoms with E-state index in [0.717, 1.165) is 18.4 Å². The van der Waals surface area contributed by atoms with E-state index in [1.807, 2.05) is 19.9 Å². The first-order valence-electron chi connectivity index (χ1n) is 5.54. The number of hydrogen-bond donors (Lipinski definition) is 0. The lowest BCUT2D eigenvalue weighted by Gasteiger charge is -2.05. The minimum Gasteiger partial charge on any atom is -0.306 e. The molecule has 2 rings (SSSR count). The van der Waals surface area contributed by atoms with Gasteiger partial charge in [-0.3, -0.25) is 9.59 Å². The van der Waals surface area contributed by atoms with Crippen LogP contribution in [0.5, 0.6) is 0 Å². The molecule has 1 aliphatic carbocycles. The van der Waals surface area contributed by atoms with Crippen molar-refractivity contribution in [3.8, 4) is 0 Å². The molecule has 0 atom stereocenters. The van der Waals surface area contributed by atoms with Gasteiger partial charge in [0.1, 0.15) is 0 Å². The molecule has 0 radical (unpaired) electrons.